The van der Waals surface area contributed by atoms with Gasteiger partial charge in [-0.05, 0) is 37.3 Å². The van der Waals surface area contributed by atoms with Crippen LogP contribution < -0.4 is 5.32 Å². The molecule has 0 aliphatic heterocycles. The number of hydrogen-bond donors (Lipinski definition) is 1. The van der Waals surface area contributed by atoms with Gasteiger partial charge < -0.3 is 14.4 Å². The Labute approximate surface area is 149 Å². The molecule has 4 rings (SSSR count). The molecule has 0 radical (unpaired) electrons. The third-order valence-corrected chi connectivity index (χ3v) is 4.18. The lowest BCUT2D eigenvalue weighted by Gasteiger charge is -2.09. The SMILES string of the molecule is CC(NC(=O)c1ccccc1)c1nc(-c2ccc3c(c2)ncn3C)no1. The molecule has 7 nitrogen and oxygen atoms in total. The Bertz CT molecular complexity index is 1070. The van der Waals surface area contributed by atoms with E-state index in [1.165, 1.54) is 0 Å². The predicted octanol–water partition coefficient (Wildman–Crippen LogP) is 3.11. The van der Waals surface area contributed by atoms with E-state index in [2.05, 4.69) is 20.4 Å². The zero-order valence-electron chi connectivity index (χ0n) is 14.4. The fraction of sp³-hybridized carbons (Fsp3) is 0.158. The summed E-state index contributed by atoms with van der Waals surface area (Å²) >= 11 is 0. The van der Waals surface area contributed by atoms with E-state index < -0.39 is 6.04 Å². The van der Waals surface area contributed by atoms with Crippen LogP contribution in [0.15, 0.2) is 59.4 Å². The standard InChI is InChI=1S/C19H17N5O2/c1-12(21-18(25)13-6-4-3-5-7-13)19-22-17(23-26-19)14-8-9-16-15(10-14)20-11-24(16)2/h3-12H,1-2H3,(H,21,25). The van der Waals surface area contributed by atoms with Gasteiger partial charge in [-0.1, -0.05) is 23.4 Å². The second-order valence-electron chi connectivity index (χ2n) is 6.08. The number of imidazole rings is 1. The Balaban J connectivity index is 1.54. The molecule has 0 aliphatic rings. The van der Waals surface area contributed by atoms with Crippen molar-refractivity contribution in [3.8, 4) is 11.4 Å². The molecule has 2 aromatic carbocycles. The van der Waals surface area contributed by atoms with Crippen molar-refractivity contribution in [1.82, 2.24) is 25.0 Å². The van der Waals surface area contributed by atoms with E-state index in [0.29, 0.717) is 17.3 Å². The fourth-order valence-electron chi connectivity index (χ4n) is 2.73. The second kappa shape index (κ2) is 6.44. The number of fused-ring (bicyclic) bond motifs is 1. The molecule has 1 unspecified atom stereocenters. The van der Waals surface area contributed by atoms with Crippen LogP contribution in [0.4, 0.5) is 0 Å². The lowest BCUT2D eigenvalue weighted by Crippen LogP contribution is -2.26. The van der Waals surface area contributed by atoms with Crippen LogP contribution in [0, 0.1) is 0 Å². The lowest BCUT2D eigenvalue weighted by molar-refractivity contribution is 0.0932. The van der Waals surface area contributed by atoms with E-state index in [-0.39, 0.29) is 5.91 Å². The molecule has 1 atom stereocenters. The highest BCUT2D eigenvalue weighted by molar-refractivity contribution is 5.94. The monoisotopic (exact) mass is 347 g/mol. The number of hydrogen-bond acceptors (Lipinski definition) is 5. The average Bonchev–Trinajstić information content (AvgIpc) is 3.30. The van der Waals surface area contributed by atoms with Gasteiger partial charge in [-0.3, -0.25) is 4.79 Å². The number of benzene rings is 2. The van der Waals surface area contributed by atoms with Gasteiger partial charge in [0.1, 0.15) is 6.04 Å². The maximum atomic E-state index is 12.2. The van der Waals surface area contributed by atoms with Crippen LogP contribution in [0.3, 0.4) is 0 Å². The summed E-state index contributed by atoms with van der Waals surface area (Å²) in [6.07, 6.45) is 1.76. The van der Waals surface area contributed by atoms with Gasteiger partial charge in [0.2, 0.25) is 11.7 Å². The highest BCUT2D eigenvalue weighted by Crippen LogP contribution is 2.22. The molecule has 130 valence electrons. The summed E-state index contributed by atoms with van der Waals surface area (Å²) in [7, 11) is 1.94. The highest BCUT2D eigenvalue weighted by Gasteiger charge is 2.18. The molecule has 2 aromatic heterocycles. The molecule has 7 heteroatoms. The normalized spacial score (nSPS) is 12.2. The van der Waals surface area contributed by atoms with Gasteiger partial charge in [0, 0.05) is 18.2 Å². The van der Waals surface area contributed by atoms with Gasteiger partial charge in [0.25, 0.3) is 5.91 Å². The van der Waals surface area contributed by atoms with Crippen LogP contribution in [0.25, 0.3) is 22.4 Å². The summed E-state index contributed by atoms with van der Waals surface area (Å²) in [5.74, 6) is 0.631. The van der Waals surface area contributed by atoms with Crippen molar-refractivity contribution in [2.24, 2.45) is 7.05 Å². The number of nitrogens with zero attached hydrogens (tertiary/aromatic N) is 4. The van der Waals surface area contributed by atoms with Gasteiger partial charge in [-0.15, -0.1) is 0 Å². The molecular formula is C19H17N5O2. The largest absolute Gasteiger partial charge is 0.341 e. The number of rotatable bonds is 4. The van der Waals surface area contributed by atoms with Crippen LogP contribution in [-0.2, 0) is 7.05 Å². The van der Waals surface area contributed by atoms with Crippen molar-refractivity contribution in [2.75, 3.05) is 0 Å². The molecular weight excluding hydrogens is 330 g/mol. The van der Waals surface area contributed by atoms with Crippen molar-refractivity contribution < 1.29 is 9.32 Å². The van der Waals surface area contributed by atoms with Crippen LogP contribution in [0.1, 0.15) is 29.2 Å². The summed E-state index contributed by atoms with van der Waals surface area (Å²) in [6, 6.07) is 14.4. The molecule has 0 saturated carbocycles. The lowest BCUT2D eigenvalue weighted by atomic mass is 10.2. The zero-order valence-corrected chi connectivity index (χ0v) is 14.4. The summed E-state index contributed by atoms with van der Waals surface area (Å²) in [5.41, 5.74) is 3.29. The first-order chi connectivity index (χ1) is 12.6. The zero-order chi connectivity index (χ0) is 18.1. The van der Waals surface area contributed by atoms with E-state index in [1.807, 2.05) is 48.0 Å². The van der Waals surface area contributed by atoms with E-state index in [9.17, 15) is 4.79 Å². The quantitative estimate of drug-likeness (QED) is 0.613. The molecule has 1 N–H and O–H groups in total. The van der Waals surface area contributed by atoms with Crippen LogP contribution in [0.2, 0.25) is 0 Å². The number of aromatic nitrogens is 4. The van der Waals surface area contributed by atoms with E-state index in [0.717, 1.165) is 16.6 Å². The van der Waals surface area contributed by atoms with Crippen molar-refractivity contribution in [1.29, 1.82) is 0 Å². The molecule has 0 fully saturated rings. The Morgan fingerprint density at radius 2 is 2.00 bits per heavy atom. The van der Waals surface area contributed by atoms with Crippen molar-refractivity contribution in [3.05, 3.63) is 66.3 Å². The maximum absolute atomic E-state index is 12.2. The number of nitrogens with one attached hydrogen (secondary N) is 1. The third-order valence-electron chi connectivity index (χ3n) is 4.18. The van der Waals surface area contributed by atoms with E-state index >= 15 is 0 Å². The Morgan fingerprint density at radius 1 is 1.19 bits per heavy atom. The number of aryl methyl sites for hydroxylation is 1. The first-order valence-electron chi connectivity index (χ1n) is 8.23. The van der Waals surface area contributed by atoms with Crippen molar-refractivity contribution in [2.45, 2.75) is 13.0 Å². The number of amides is 1. The molecule has 0 spiro atoms. The minimum atomic E-state index is -0.400. The topological polar surface area (TPSA) is 85.8 Å². The van der Waals surface area contributed by atoms with Crippen molar-refractivity contribution in [3.63, 3.8) is 0 Å². The average molecular weight is 347 g/mol. The summed E-state index contributed by atoms with van der Waals surface area (Å²) in [5, 5.41) is 6.89. The summed E-state index contributed by atoms with van der Waals surface area (Å²) < 4.78 is 7.28. The molecule has 0 saturated heterocycles. The van der Waals surface area contributed by atoms with Gasteiger partial charge in [0.15, 0.2) is 0 Å². The van der Waals surface area contributed by atoms with Gasteiger partial charge >= 0.3 is 0 Å². The third kappa shape index (κ3) is 2.95. The van der Waals surface area contributed by atoms with Crippen LogP contribution in [0.5, 0.6) is 0 Å². The minimum absolute atomic E-state index is 0.187. The summed E-state index contributed by atoms with van der Waals surface area (Å²) in [6.45, 7) is 1.81. The van der Waals surface area contributed by atoms with E-state index in [4.69, 9.17) is 4.52 Å². The van der Waals surface area contributed by atoms with E-state index in [1.54, 1.807) is 25.4 Å². The summed E-state index contributed by atoms with van der Waals surface area (Å²) in [4.78, 5) is 21.0. The molecule has 1 amide bonds. The number of carbonyl (C=O) groups is 1. The minimum Gasteiger partial charge on any atom is -0.341 e. The number of carbonyl (C=O) groups excluding carboxylic acids is 1. The second-order valence-corrected chi connectivity index (χ2v) is 6.08. The predicted molar refractivity (Wildman–Crippen MR) is 96.3 cm³/mol. The fourth-order valence-corrected chi connectivity index (χ4v) is 2.73. The molecule has 26 heavy (non-hydrogen) atoms. The molecule has 0 bridgehead atoms. The molecule has 0 aliphatic carbocycles. The molecule has 2 heterocycles. The van der Waals surface area contributed by atoms with Crippen LogP contribution >= 0.6 is 0 Å². The van der Waals surface area contributed by atoms with Crippen LogP contribution in [-0.4, -0.2) is 25.6 Å². The van der Waals surface area contributed by atoms with Crippen molar-refractivity contribution >= 4 is 16.9 Å². The van der Waals surface area contributed by atoms with Gasteiger partial charge in [-0.2, -0.15) is 4.98 Å². The maximum Gasteiger partial charge on any atom is 0.251 e. The Kier molecular flexibility index (Phi) is 3.96. The first kappa shape index (κ1) is 16.0. The first-order valence-corrected chi connectivity index (χ1v) is 8.23. The Morgan fingerprint density at radius 3 is 2.81 bits per heavy atom. The smallest absolute Gasteiger partial charge is 0.251 e. The Hall–Kier alpha value is -3.48. The van der Waals surface area contributed by atoms with Gasteiger partial charge in [0.05, 0.1) is 17.4 Å². The van der Waals surface area contributed by atoms with Gasteiger partial charge in [-0.25, -0.2) is 4.98 Å². The highest BCUT2D eigenvalue weighted by atomic mass is 16.5. The molecule has 4 aromatic rings.